The number of carboxylic acid groups (broad SMARTS) is 1. The van der Waals surface area contributed by atoms with Crippen LogP contribution in [0.15, 0.2) is 0 Å². The summed E-state index contributed by atoms with van der Waals surface area (Å²) in [6.07, 6.45) is 9.57. The standard InChI is InChI=1S/C18H31N3O3/c1-2-21(11-16(22)23)15-9-14(10-15)20-17(24)19-12-18(7-4-8-18)13-5-3-6-13/h13-15H,2-12H2,1H3,(H,22,23)(H2,19,20,24). The van der Waals surface area contributed by atoms with Gasteiger partial charge in [-0.2, -0.15) is 0 Å². The number of hydrogen-bond acceptors (Lipinski definition) is 3. The molecule has 0 aromatic heterocycles. The van der Waals surface area contributed by atoms with Gasteiger partial charge in [-0.15, -0.1) is 0 Å². The maximum absolute atomic E-state index is 12.2. The van der Waals surface area contributed by atoms with E-state index in [2.05, 4.69) is 10.6 Å². The van der Waals surface area contributed by atoms with Gasteiger partial charge < -0.3 is 15.7 Å². The van der Waals surface area contributed by atoms with E-state index in [0.717, 1.165) is 31.8 Å². The van der Waals surface area contributed by atoms with E-state index in [9.17, 15) is 9.59 Å². The van der Waals surface area contributed by atoms with Crippen LogP contribution in [0.2, 0.25) is 0 Å². The lowest BCUT2D eigenvalue weighted by Gasteiger charge is -2.52. The van der Waals surface area contributed by atoms with Crippen LogP contribution < -0.4 is 10.6 Å². The lowest BCUT2D eigenvalue weighted by Crippen LogP contribution is -2.57. The highest BCUT2D eigenvalue weighted by atomic mass is 16.4. The molecular formula is C18H31N3O3. The van der Waals surface area contributed by atoms with Crippen molar-refractivity contribution in [1.82, 2.24) is 15.5 Å². The van der Waals surface area contributed by atoms with Gasteiger partial charge in [0.25, 0.3) is 0 Å². The van der Waals surface area contributed by atoms with Crippen LogP contribution in [-0.2, 0) is 4.79 Å². The number of aliphatic carboxylic acids is 1. The minimum atomic E-state index is -0.784. The first-order valence-corrected chi connectivity index (χ1v) is 9.52. The molecular weight excluding hydrogens is 306 g/mol. The fourth-order valence-electron chi connectivity index (χ4n) is 4.55. The SMILES string of the molecule is CCN(CC(=O)O)C1CC(NC(=O)NCC2(C3CCC3)CCC2)C1. The van der Waals surface area contributed by atoms with Crippen molar-refractivity contribution in [3.63, 3.8) is 0 Å². The summed E-state index contributed by atoms with van der Waals surface area (Å²) in [7, 11) is 0. The number of urea groups is 1. The van der Waals surface area contributed by atoms with Crippen molar-refractivity contribution in [1.29, 1.82) is 0 Å². The molecule has 6 heteroatoms. The number of nitrogens with one attached hydrogen (secondary N) is 2. The van der Waals surface area contributed by atoms with Crippen molar-refractivity contribution in [2.45, 2.75) is 70.4 Å². The third kappa shape index (κ3) is 3.68. The smallest absolute Gasteiger partial charge is 0.317 e. The summed E-state index contributed by atoms with van der Waals surface area (Å²) in [5.41, 5.74) is 0.387. The van der Waals surface area contributed by atoms with Gasteiger partial charge in [-0.25, -0.2) is 4.79 Å². The third-order valence-corrected chi connectivity index (χ3v) is 6.63. The van der Waals surface area contributed by atoms with E-state index < -0.39 is 5.97 Å². The van der Waals surface area contributed by atoms with Gasteiger partial charge in [-0.05, 0) is 56.4 Å². The Morgan fingerprint density at radius 1 is 1.21 bits per heavy atom. The fraction of sp³-hybridized carbons (Fsp3) is 0.889. The number of carbonyl (C=O) groups is 2. The first-order valence-electron chi connectivity index (χ1n) is 9.52. The van der Waals surface area contributed by atoms with Gasteiger partial charge in [0.15, 0.2) is 0 Å². The molecule has 2 amide bonds. The van der Waals surface area contributed by atoms with Crippen LogP contribution in [0.25, 0.3) is 0 Å². The molecule has 0 aromatic carbocycles. The van der Waals surface area contributed by atoms with Crippen LogP contribution in [-0.4, -0.2) is 53.7 Å². The summed E-state index contributed by atoms with van der Waals surface area (Å²) in [5, 5.41) is 15.1. The second-order valence-corrected chi connectivity index (χ2v) is 7.95. The molecule has 3 rings (SSSR count). The molecule has 3 aliphatic rings. The summed E-state index contributed by atoms with van der Waals surface area (Å²) < 4.78 is 0. The second-order valence-electron chi connectivity index (χ2n) is 7.95. The van der Waals surface area contributed by atoms with Gasteiger partial charge in [0.05, 0.1) is 6.54 Å². The quantitative estimate of drug-likeness (QED) is 0.634. The largest absolute Gasteiger partial charge is 0.480 e. The maximum Gasteiger partial charge on any atom is 0.317 e. The molecule has 0 aliphatic heterocycles. The molecule has 0 aromatic rings. The molecule has 0 heterocycles. The number of likely N-dealkylation sites (N-methyl/N-ethyl adjacent to an activating group) is 1. The molecule has 24 heavy (non-hydrogen) atoms. The number of carboxylic acids is 1. The van der Waals surface area contributed by atoms with Gasteiger partial charge >= 0.3 is 12.0 Å². The second kappa shape index (κ2) is 7.30. The fourth-order valence-corrected chi connectivity index (χ4v) is 4.55. The molecule has 3 aliphatic carbocycles. The molecule has 0 unspecified atom stereocenters. The average molecular weight is 337 g/mol. The van der Waals surface area contributed by atoms with E-state index in [-0.39, 0.29) is 24.7 Å². The van der Waals surface area contributed by atoms with Crippen LogP contribution in [0.1, 0.15) is 58.3 Å². The predicted octanol–water partition coefficient (Wildman–Crippen LogP) is 2.19. The Balaban J connectivity index is 1.35. The number of hydrogen-bond donors (Lipinski definition) is 3. The van der Waals surface area contributed by atoms with E-state index >= 15 is 0 Å². The zero-order valence-electron chi connectivity index (χ0n) is 14.7. The summed E-state index contributed by atoms with van der Waals surface area (Å²) in [6.45, 7) is 3.62. The van der Waals surface area contributed by atoms with Crippen molar-refractivity contribution in [2.24, 2.45) is 11.3 Å². The van der Waals surface area contributed by atoms with Crippen molar-refractivity contribution < 1.29 is 14.7 Å². The molecule has 0 radical (unpaired) electrons. The third-order valence-electron chi connectivity index (χ3n) is 6.63. The Kier molecular flexibility index (Phi) is 5.33. The number of rotatable bonds is 8. The molecule has 3 N–H and O–H groups in total. The summed E-state index contributed by atoms with van der Waals surface area (Å²) >= 11 is 0. The molecule has 6 nitrogen and oxygen atoms in total. The van der Waals surface area contributed by atoms with Gasteiger partial charge in [0, 0.05) is 18.6 Å². The molecule has 136 valence electrons. The average Bonchev–Trinajstić information content (AvgIpc) is 2.40. The van der Waals surface area contributed by atoms with E-state index in [0.29, 0.717) is 5.41 Å². The Morgan fingerprint density at radius 3 is 2.38 bits per heavy atom. The first-order chi connectivity index (χ1) is 11.5. The van der Waals surface area contributed by atoms with Crippen molar-refractivity contribution in [3.05, 3.63) is 0 Å². The topological polar surface area (TPSA) is 81.7 Å². The lowest BCUT2D eigenvalue weighted by molar-refractivity contribution is -0.139. The van der Waals surface area contributed by atoms with Gasteiger partial charge in [0.1, 0.15) is 0 Å². The van der Waals surface area contributed by atoms with Crippen LogP contribution in [0.3, 0.4) is 0 Å². The Labute approximate surface area is 144 Å². The monoisotopic (exact) mass is 337 g/mol. The zero-order valence-corrected chi connectivity index (χ0v) is 14.7. The Morgan fingerprint density at radius 2 is 1.92 bits per heavy atom. The van der Waals surface area contributed by atoms with Gasteiger partial charge in [0.2, 0.25) is 0 Å². The Bertz CT molecular complexity index is 468. The number of carbonyl (C=O) groups excluding carboxylic acids is 1. The molecule has 3 fully saturated rings. The predicted molar refractivity (Wildman–Crippen MR) is 91.9 cm³/mol. The minimum absolute atomic E-state index is 0.0506. The van der Waals surface area contributed by atoms with E-state index in [1.54, 1.807) is 0 Å². The summed E-state index contributed by atoms with van der Waals surface area (Å²) in [6, 6.07) is 0.411. The molecule has 0 spiro atoms. The van der Waals surface area contributed by atoms with Crippen LogP contribution in [0.5, 0.6) is 0 Å². The van der Waals surface area contributed by atoms with Crippen LogP contribution in [0.4, 0.5) is 4.79 Å². The van der Waals surface area contributed by atoms with Crippen molar-refractivity contribution in [2.75, 3.05) is 19.6 Å². The molecule has 0 atom stereocenters. The van der Waals surface area contributed by atoms with Crippen LogP contribution in [0, 0.1) is 11.3 Å². The lowest BCUT2D eigenvalue weighted by atomic mass is 9.55. The highest BCUT2D eigenvalue weighted by molar-refractivity contribution is 5.74. The first kappa shape index (κ1) is 17.5. The highest BCUT2D eigenvalue weighted by Gasteiger charge is 2.46. The zero-order chi connectivity index (χ0) is 17.2. The maximum atomic E-state index is 12.2. The number of amides is 2. The van der Waals surface area contributed by atoms with Crippen molar-refractivity contribution in [3.8, 4) is 0 Å². The summed E-state index contributed by atoms with van der Waals surface area (Å²) in [4.78, 5) is 25.0. The highest BCUT2D eigenvalue weighted by Crippen LogP contribution is 2.53. The van der Waals surface area contributed by atoms with Gasteiger partial charge in [-0.1, -0.05) is 19.8 Å². The molecule has 0 saturated heterocycles. The molecule has 3 saturated carbocycles. The summed E-state index contributed by atoms with van der Waals surface area (Å²) in [5.74, 6) is 0.0431. The van der Waals surface area contributed by atoms with E-state index in [1.807, 2.05) is 11.8 Å². The van der Waals surface area contributed by atoms with E-state index in [4.69, 9.17) is 5.11 Å². The normalized spacial score (nSPS) is 28.4. The molecule has 0 bridgehead atoms. The van der Waals surface area contributed by atoms with Crippen LogP contribution >= 0.6 is 0 Å². The number of nitrogens with zero attached hydrogens (tertiary/aromatic N) is 1. The Hall–Kier alpha value is -1.30. The minimum Gasteiger partial charge on any atom is -0.480 e. The van der Waals surface area contributed by atoms with E-state index in [1.165, 1.54) is 38.5 Å². The van der Waals surface area contributed by atoms with Gasteiger partial charge in [-0.3, -0.25) is 9.69 Å². The van der Waals surface area contributed by atoms with Crippen molar-refractivity contribution >= 4 is 12.0 Å².